The summed E-state index contributed by atoms with van der Waals surface area (Å²) < 4.78 is 11.2. The lowest BCUT2D eigenvalue weighted by Crippen LogP contribution is -2.31. The highest BCUT2D eigenvalue weighted by Crippen LogP contribution is 2.53. The molecule has 2 aliphatic rings. The number of thioether (sulfide) groups is 1. The van der Waals surface area contributed by atoms with Gasteiger partial charge in [0, 0.05) is 22.0 Å². The maximum absolute atomic E-state index is 12.9. The monoisotopic (exact) mass is 342 g/mol. The van der Waals surface area contributed by atoms with Crippen LogP contribution in [0.15, 0.2) is 37.9 Å². The van der Waals surface area contributed by atoms with Gasteiger partial charge in [-0.1, -0.05) is 0 Å². The first-order valence-electron chi connectivity index (χ1n) is 8.21. The van der Waals surface area contributed by atoms with E-state index in [4.69, 9.17) is 9.15 Å². The van der Waals surface area contributed by atoms with Crippen molar-refractivity contribution in [2.45, 2.75) is 37.0 Å². The Morgan fingerprint density at radius 1 is 1.42 bits per heavy atom. The van der Waals surface area contributed by atoms with Crippen molar-refractivity contribution in [3.63, 3.8) is 0 Å². The summed E-state index contributed by atoms with van der Waals surface area (Å²) in [6, 6.07) is 5.67. The molecule has 0 radical (unpaired) electrons. The van der Waals surface area contributed by atoms with Crippen LogP contribution in [0.2, 0.25) is 0 Å². The van der Waals surface area contributed by atoms with Crippen LogP contribution in [0.5, 0.6) is 0 Å². The van der Waals surface area contributed by atoms with Gasteiger partial charge in [0.1, 0.15) is 11.3 Å². The van der Waals surface area contributed by atoms with Gasteiger partial charge in [-0.15, -0.1) is 11.8 Å². The van der Waals surface area contributed by atoms with Crippen LogP contribution in [0, 0.1) is 0 Å². The molecule has 0 amide bonds. The van der Waals surface area contributed by atoms with Crippen molar-refractivity contribution in [2.24, 2.45) is 0 Å². The largest absolute Gasteiger partial charge is 0.463 e. The van der Waals surface area contributed by atoms with E-state index in [9.17, 15) is 9.59 Å². The molecule has 124 valence electrons. The van der Waals surface area contributed by atoms with Crippen LogP contribution in [0.3, 0.4) is 0 Å². The van der Waals surface area contributed by atoms with E-state index in [0.717, 1.165) is 28.9 Å². The molecule has 0 fully saturated rings. The SMILES string of the molecule is CCOC(=O)C1=C2c3oc4ccc(SC)cc4c(=O)c3C2CCC1. The molecule has 1 unspecified atom stereocenters. The molecule has 1 heterocycles. The molecule has 4 rings (SSSR count). The normalized spacial score (nSPS) is 18.8. The molecule has 0 bridgehead atoms. The number of carbonyl (C=O) groups excluding carboxylic acids is 1. The van der Waals surface area contributed by atoms with Gasteiger partial charge >= 0.3 is 5.97 Å². The highest BCUT2D eigenvalue weighted by atomic mass is 32.2. The Kier molecular flexibility index (Phi) is 3.76. The molecular formula is C19H18O4S. The van der Waals surface area contributed by atoms with Crippen LogP contribution in [0.25, 0.3) is 16.5 Å². The van der Waals surface area contributed by atoms with Crippen LogP contribution in [0.4, 0.5) is 0 Å². The fourth-order valence-corrected chi connectivity index (χ4v) is 4.18. The van der Waals surface area contributed by atoms with E-state index in [2.05, 4.69) is 0 Å². The van der Waals surface area contributed by atoms with Gasteiger partial charge in [0.2, 0.25) is 0 Å². The number of esters is 1. The Hall–Kier alpha value is -2.01. The quantitative estimate of drug-likeness (QED) is 0.620. The van der Waals surface area contributed by atoms with E-state index < -0.39 is 0 Å². The van der Waals surface area contributed by atoms with Crippen LogP contribution in [-0.2, 0) is 9.53 Å². The van der Waals surface area contributed by atoms with E-state index >= 15 is 0 Å². The molecule has 1 atom stereocenters. The second kappa shape index (κ2) is 5.81. The minimum Gasteiger partial charge on any atom is -0.463 e. The Morgan fingerprint density at radius 2 is 2.25 bits per heavy atom. The predicted molar refractivity (Wildman–Crippen MR) is 94.4 cm³/mol. The third kappa shape index (κ3) is 2.14. The molecule has 0 aliphatic heterocycles. The predicted octanol–water partition coefficient (Wildman–Crippen LogP) is 4.11. The summed E-state index contributed by atoms with van der Waals surface area (Å²) in [6.07, 6.45) is 4.46. The van der Waals surface area contributed by atoms with E-state index in [-0.39, 0.29) is 17.3 Å². The summed E-state index contributed by atoms with van der Waals surface area (Å²) in [5, 5.41) is 0.628. The maximum Gasteiger partial charge on any atom is 0.334 e. The van der Waals surface area contributed by atoms with Gasteiger partial charge in [0.05, 0.1) is 17.6 Å². The lowest BCUT2D eigenvalue weighted by Gasteiger charge is -2.36. The minimum atomic E-state index is -0.275. The number of carbonyl (C=O) groups is 1. The average molecular weight is 342 g/mol. The maximum atomic E-state index is 12.9. The number of allylic oxidation sites excluding steroid dienone is 1. The number of rotatable bonds is 3. The molecule has 0 spiro atoms. The van der Waals surface area contributed by atoms with Crippen molar-refractivity contribution in [2.75, 3.05) is 12.9 Å². The van der Waals surface area contributed by atoms with Gasteiger partial charge in [-0.2, -0.15) is 0 Å². The van der Waals surface area contributed by atoms with Crippen molar-refractivity contribution < 1.29 is 13.9 Å². The Labute approximate surface area is 143 Å². The third-order valence-electron chi connectivity index (χ3n) is 4.84. The first kappa shape index (κ1) is 15.5. The lowest BCUT2D eigenvalue weighted by molar-refractivity contribution is -0.138. The highest BCUT2D eigenvalue weighted by Gasteiger charge is 2.43. The van der Waals surface area contributed by atoms with Crippen LogP contribution >= 0.6 is 11.8 Å². The van der Waals surface area contributed by atoms with Gasteiger partial charge in [-0.05, 0) is 50.6 Å². The smallest absolute Gasteiger partial charge is 0.334 e. The van der Waals surface area contributed by atoms with Crippen LogP contribution in [0.1, 0.15) is 43.4 Å². The van der Waals surface area contributed by atoms with Crippen LogP contribution in [-0.4, -0.2) is 18.8 Å². The second-order valence-electron chi connectivity index (χ2n) is 6.09. The summed E-state index contributed by atoms with van der Waals surface area (Å²) in [5.41, 5.74) is 2.93. The standard InChI is InChI=1S/C19H18O4S/c1-3-22-19(21)12-6-4-5-11-15(12)18-16(11)17(20)13-9-10(24-2)7-8-14(13)23-18/h7-9,11H,3-6H2,1-2H3. The summed E-state index contributed by atoms with van der Waals surface area (Å²) in [6.45, 7) is 2.15. The zero-order chi connectivity index (χ0) is 16.8. The molecule has 0 N–H and O–H groups in total. The van der Waals surface area contributed by atoms with E-state index in [1.807, 2.05) is 24.5 Å². The average Bonchev–Trinajstić information content (AvgIpc) is 2.59. The van der Waals surface area contributed by atoms with E-state index in [0.29, 0.717) is 35.3 Å². The summed E-state index contributed by atoms with van der Waals surface area (Å²) in [4.78, 5) is 26.2. The van der Waals surface area contributed by atoms with Gasteiger partial charge in [-0.3, -0.25) is 4.79 Å². The fraction of sp³-hybridized carbons (Fsp3) is 0.368. The fourth-order valence-electron chi connectivity index (χ4n) is 3.74. The Bertz CT molecular complexity index is 938. The van der Waals surface area contributed by atoms with Crippen molar-refractivity contribution >= 4 is 34.3 Å². The summed E-state index contributed by atoms with van der Waals surface area (Å²) >= 11 is 1.60. The summed E-state index contributed by atoms with van der Waals surface area (Å²) in [5.74, 6) is 0.340. The molecule has 2 aliphatic carbocycles. The number of fused-ring (bicyclic) bond motifs is 5. The molecule has 2 aromatic rings. The van der Waals surface area contributed by atoms with Crippen LogP contribution < -0.4 is 5.43 Å². The minimum absolute atomic E-state index is 0.0201. The number of ether oxygens (including phenoxy) is 1. The van der Waals surface area contributed by atoms with E-state index in [1.54, 1.807) is 18.7 Å². The molecule has 4 nitrogen and oxygen atoms in total. The van der Waals surface area contributed by atoms with Gasteiger partial charge < -0.3 is 9.15 Å². The topological polar surface area (TPSA) is 56.5 Å². The summed E-state index contributed by atoms with van der Waals surface area (Å²) in [7, 11) is 0. The molecule has 5 heteroatoms. The van der Waals surface area contributed by atoms with Gasteiger partial charge in [0.15, 0.2) is 5.43 Å². The van der Waals surface area contributed by atoms with Crippen molar-refractivity contribution in [1.29, 1.82) is 0 Å². The van der Waals surface area contributed by atoms with Crippen molar-refractivity contribution in [3.8, 4) is 0 Å². The lowest BCUT2D eigenvalue weighted by atomic mass is 9.68. The first-order valence-corrected chi connectivity index (χ1v) is 9.43. The number of benzene rings is 1. The van der Waals surface area contributed by atoms with Crippen molar-refractivity contribution in [3.05, 3.63) is 45.3 Å². The first-order chi connectivity index (χ1) is 11.7. The molecule has 1 aromatic carbocycles. The molecule has 1 aromatic heterocycles. The zero-order valence-electron chi connectivity index (χ0n) is 13.7. The second-order valence-corrected chi connectivity index (χ2v) is 6.97. The third-order valence-corrected chi connectivity index (χ3v) is 5.57. The zero-order valence-corrected chi connectivity index (χ0v) is 14.5. The van der Waals surface area contributed by atoms with Crippen molar-refractivity contribution in [1.82, 2.24) is 0 Å². The molecule has 0 saturated heterocycles. The molecule has 0 saturated carbocycles. The highest BCUT2D eigenvalue weighted by molar-refractivity contribution is 7.98. The van der Waals surface area contributed by atoms with E-state index in [1.165, 1.54) is 0 Å². The molecule has 24 heavy (non-hydrogen) atoms. The number of hydrogen-bond donors (Lipinski definition) is 0. The van der Waals surface area contributed by atoms with Gasteiger partial charge in [0.25, 0.3) is 0 Å². The number of hydrogen-bond acceptors (Lipinski definition) is 5. The Balaban J connectivity index is 1.93. The van der Waals surface area contributed by atoms with Gasteiger partial charge in [-0.25, -0.2) is 4.79 Å². The molecular weight excluding hydrogens is 324 g/mol. The Morgan fingerprint density at radius 3 is 3.00 bits per heavy atom.